The van der Waals surface area contributed by atoms with Gasteiger partial charge in [0.1, 0.15) is 0 Å². The van der Waals surface area contributed by atoms with Gasteiger partial charge in [-0.15, -0.1) is 10.2 Å². The normalized spacial score (nSPS) is 11.5. The lowest BCUT2D eigenvalue weighted by Gasteiger charge is -2.06. The number of thioether (sulfide) groups is 1. The van der Waals surface area contributed by atoms with Crippen molar-refractivity contribution in [2.45, 2.75) is 30.7 Å². The van der Waals surface area contributed by atoms with Gasteiger partial charge in [0.15, 0.2) is 5.82 Å². The number of hydrogen-bond donors (Lipinski definition) is 0. The van der Waals surface area contributed by atoms with Crippen molar-refractivity contribution in [3.63, 3.8) is 0 Å². The van der Waals surface area contributed by atoms with Crippen molar-refractivity contribution in [1.29, 1.82) is 0 Å². The molecule has 0 unspecified atom stereocenters. The van der Waals surface area contributed by atoms with E-state index < -0.39 is 0 Å². The minimum atomic E-state index is 0.252. The van der Waals surface area contributed by atoms with Gasteiger partial charge in [-0.3, -0.25) is 0 Å². The third-order valence-electron chi connectivity index (χ3n) is 3.56. The van der Waals surface area contributed by atoms with Crippen LogP contribution in [0.15, 0.2) is 69.3 Å². The summed E-state index contributed by atoms with van der Waals surface area (Å²) in [5.74, 6) is 1.94. The van der Waals surface area contributed by atoms with E-state index in [1.165, 1.54) is 5.56 Å². The maximum atomic E-state index is 4.62. The van der Waals surface area contributed by atoms with Crippen molar-refractivity contribution < 1.29 is 0 Å². The zero-order valence-electron chi connectivity index (χ0n) is 14.1. The summed E-state index contributed by atoms with van der Waals surface area (Å²) in [7, 11) is 0. The second kappa shape index (κ2) is 8.45. The minimum Gasteiger partial charge on any atom is -0.191 e. The van der Waals surface area contributed by atoms with E-state index in [4.69, 9.17) is 0 Å². The number of hydrogen-bond acceptors (Lipinski definition) is 4. The molecule has 0 amide bonds. The van der Waals surface area contributed by atoms with Crippen molar-refractivity contribution in [2.75, 3.05) is 0 Å². The van der Waals surface area contributed by atoms with Gasteiger partial charge >= 0.3 is 0 Å². The van der Waals surface area contributed by atoms with Crippen LogP contribution in [0.4, 0.5) is 0 Å². The smallest absolute Gasteiger partial charge is 0.191 e. The van der Waals surface area contributed by atoms with Crippen LogP contribution in [0.25, 0.3) is 0 Å². The van der Waals surface area contributed by atoms with E-state index in [2.05, 4.69) is 57.2 Å². The van der Waals surface area contributed by atoms with Gasteiger partial charge in [0, 0.05) is 16.1 Å². The molecule has 0 aliphatic heterocycles. The number of nitrogens with zero attached hydrogens (tertiary/aromatic N) is 4. The van der Waals surface area contributed by atoms with Gasteiger partial charge < -0.3 is 0 Å². The van der Waals surface area contributed by atoms with Gasteiger partial charge in [-0.2, -0.15) is 9.78 Å². The van der Waals surface area contributed by atoms with Gasteiger partial charge in [0.2, 0.25) is 5.16 Å². The molecule has 3 rings (SSSR count). The summed E-state index contributed by atoms with van der Waals surface area (Å²) in [6.45, 7) is 4.20. The summed E-state index contributed by atoms with van der Waals surface area (Å²) in [6.07, 6.45) is 1.85. The molecule has 6 heteroatoms. The van der Waals surface area contributed by atoms with E-state index in [1.54, 1.807) is 11.8 Å². The monoisotopic (exact) mass is 414 g/mol. The number of halogens is 1. The van der Waals surface area contributed by atoms with Crippen LogP contribution < -0.4 is 0 Å². The van der Waals surface area contributed by atoms with Gasteiger partial charge in [-0.05, 0) is 23.3 Å². The molecule has 3 aromatic rings. The largest absolute Gasteiger partial charge is 0.212 e. The molecule has 4 nitrogen and oxygen atoms in total. The number of rotatable bonds is 6. The Hall–Kier alpha value is -1.92. The fourth-order valence-corrected chi connectivity index (χ4v) is 3.34. The highest BCUT2D eigenvalue weighted by atomic mass is 79.9. The fraction of sp³-hybridized carbons (Fsp3) is 0.211. The minimum absolute atomic E-state index is 0.252. The highest BCUT2D eigenvalue weighted by Gasteiger charge is 2.15. The Morgan fingerprint density at radius 2 is 1.80 bits per heavy atom. The summed E-state index contributed by atoms with van der Waals surface area (Å²) >= 11 is 5.10. The molecule has 0 bridgehead atoms. The van der Waals surface area contributed by atoms with Crippen LogP contribution in [-0.2, 0) is 5.75 Å². The maximum Gasteiger partial charge on any atom is 0.212 e. The second-order valence-electron chi connectivity index (χ2n) is 5.88. The molecule has 2 aromatic carbocycles. The van der Waals surface area contributed by atoms with Crippen molar-refractivity contribution >= 4 is 33.9 Å². The molecule has 0 fully saturated rings. The van der Waals surface area contributed by atoms with E-state index >= 15 is 0 Å². The van der Waals surface area contributed by atoms with Gasteiger partial charge in [-0.1, -0.05) is 84.0 Å². The molecule has 0 saturated heterocycles. The van der Waals surface area contributed by atoms with Crippen molar-refractivity contribution in [3.05, 3.63) is 76.0 Å². The van der Waals surface area contributed by atoms with Crippen LogP contribution in [0, 0.1) is 0 Å². The van der Waals surface area contributed by atoms with Crippen LogP contribution in [0.5, 0.6) is 0 Å². The van der Waals surface area contributed by atoms with E-state index in [9.17, 15) is 0 Å². The molecule has 1 aromatic heterocycles. The molecule has 128 valence electrons. The molecule has 0 N–H and O–H groups in total. The first-order chi connectivity index (χ1) is 12.1. The highest BCUT2D eigenvalue weighted by Crippen LogP contribution is 2.25. The quantitative estimate of drug-likeness (QED) is 0.403. The molecule has 0 aliphatic carbocycles. The van der Waals surface area contributed by atoms with E-state index in [0.717, 1.165) is 26.8 Å². The lowest BCUT2D eigenvalue weighted by molar-refractivity contribution is 0.667. The lowest BCUT2D eigenvalue weighted by Crippen LogP contribution is -2.02. The van der Waals surface area contributed by atoms with Crippen LogP contribution in [0.2, 0.25) is 0 Å². The molecule has 25 heavy (non-hydrogen) atoms. The SMILES string of the molecule is CC(C)c1nnc(SCc2ccc(Br)cc2)n1/N=C/c1ccccc1. The summed E-state index contributed by atoms with van der Waals surface area (Å²) in [5.41, 5.74) is 2.29. The predicted octanol–water partition coefficient (Wildman–Crippen LogP) is 5.34. The summed E-state index contributed by atoms with van der Waals surface area (Å²) in [6, 6.07) is 18.4. The molecule has 0 aliphatic rings. The Bertz CT molecular complexity index is 842. The topological polar surface area (TPSA) is 43.1 Å². The van der Waals surface area contributed by atoms with Crippen LogP contribution >= 0.6 is 27.7 Å². The Morgan fingerprint density at radius 3 is 2.48 bits per heavy atom. The van der Waals surface area contributed by atoms with Crippen molar-refractivity contribution in [1.82, 2.24) is 14.9 Å². The molecule has 1 heterocycles. The first kappa shape index (κ1) is 17.9. The Kier molecular flexibility index (Phi) is 6.04. The average Bonchev–Trinajstić information content (AvgIpc) is 3.03. The molecule has 0 radical (unpaired) electrons. The number of benzene rings is 2. The third kappa shape index (κ3) is 4.80. The van der Waals surface area contributed by atoms with Crippen molar-refractivity contribution in [2.24, 2.45) is 5.10 Å². The number of aromatic nitrogens is 3. The maximum absolute atomic E-state index is 4.62. The predicted molar refractivity (Wildman–Crippen MR) is 107 cm³/mol. The summed E-state index contributed by atoms with van der Waals surface area (Å²) in [5, 5.41) is 14.1. The van der Waals surface area contributed by atoms with Gasteiger partial charge in [0.25, 0.3) is 0 Å². The first-order valence-electron chi connectivity index (χ1n) is 8.05. The zero-order chi connectivity index (χ0) is 17.6. The Balaban J connectivity index is 1.81. The summed E-state index contributed by atoms with van der Waals surface area (Å²) < 4.78 is 2.93. The molecular weight excluding hydrogens is 396 g/mol. The van der Waals surface area contributed by atoms with Crippen LogP contribution in [-0.4, -0.2) is 21.1 Å². The zero-order valence-corrected chi connectivity index (χ0v) is 16.5. The van der Waals surface area contributed by atoms with Crippen molar-refractivity contribution in [3.8, 4) is 0 Å². The second-order valence-corrected chi connectivity index (χ2v) is 7.74. The molecule has 0 saturated carbocycles. The average molecular weight is 415 g/mol. The highest BCUT2D eigenvalue weighted by molar-refractivity contribution is 9.10. The standard InChI is InChI=1S/C19H19BrN4S/c1-14(2)18-22-23-19(25-13-16-8-10-17(20)11-9-16)24(18)21-12-15-6-4-3-5-7-15/h3-12,14H,13H2,1-2H3/b21-12+. The van der Waals surface area contributed by atoms with Gasteiger partial charge in [-0.25, -0.2) is 0 Å². The Morgan fingerprint density at radius 1 is 1.08 bits per heavy atom. The first-order valence-corrected chi connectivity index (χ1v) is 9.83. The van der Waals surface area contributed by atoms with E-state index in [0.29, 0.717) is 0 Å². The molecule has 0 atom stereocenters. The third-order valence-corrected chi connectivity index (χ3v) is 5.07. The fourth-order valence-electron chi connectivity index (χ4n) is 2.23. The van der Waals surface area contributed by atoms with Crippen LogP contribution in [0.1, 0.15) is 36.7 Å². The molecular formula is C19H19BrN4S. The van der Waals surface area contributed by atoms with Gasteiger partial charge in [0.05, 0.1) is 6.21 Å². The molecule has 0 spiro atoms. The Labute approximate surface area is 160 Å². The lowest BCUT2D eigenvalue weighted by atomic mass is 10.2. The van der Waals surface area contributed by atoms with E-state index in [1.807, 2.05) is 53.4 Å². The summed E-state index contributed by atoms with van der Waals surface area (Å²) in [4.78, 5) is 0. The van der Waals surface area contributed by atoms with E-state index in [-0.39, 0.29) is 5.92 Å². The van der Waals surface area contributed by atoms with Crippen LogP contribution in [0.3, 0.4) is 0 Å².